The van der Waals surface area contributed by atoms with Crippen molar-refractivity contribution in [1.82, 2.24) is 14.1 Å². The summed E-state index contributed by atoms with van der Waals surface area (Å²) in [6, 6.07) is 1.85. The Morgan fingerprint density at radius 2 is 1.96 bits per heavy atom. The molecule has 0 aliphatic rings. The van der Waals surface area contributed by atoms with E-state index >= 15 is 0 Å². The van der Waals surface area contributed by atoms with Crippen molar-refractivity contribution in [2.45, 2.75) is 52.7 Å². The zero-order valence-electron chi connectivity index (χ0n) is 16.9. The number of aromatic nitrogens is 3. The van der Waals surface area contributed by atoms with E-state index in [9.17, 15) is 14.4 Å². The van der Waals surface area contributed by atoms with E-state index in [1.165, 1.54) is 16.1 Å². The molecule has 0 spiro atoms. The van der Waals surface area contributed by atoms with Crippen LogP contribution in [0.4, 0.5) is 5.69 Å². The lowest BCUT2D eigenvalue weighted by atomic mass is 10.1. The number of ether oxygens (including phenoxy) is 1. The minimum Gasteiger partial charge on any atom is -0.463 e. The molecule has 0 aromatic carbocycles. The standard InChI is InChI=1S/C19H28N4O4/c1-12-11-15(21(4)5)16-17(20-12)22(6)19(26)23(18(16)25)10-8-7-9-13(2)27-14(3)24/h11,13H,7-10H2,1-6H3. The highest BCUT2D eigenvalue weighted by atomic mass is 16.5. The molecule has 0 N–H and O–H groups in total. The van der Waals surface area contributed by atoms with Crippen LogP contribution in [0.3, 0.4) is 0 Å². The summed E-state index contributed by atoms with van der Waals surface area (Å²) in [6.45, 7) is 5.37. The predicted molar refractivity (Wildman–Crippen MR) is 105 cm³/mol. The molecular formula is C19H28N4O4. The van der Waals surface area contributed by atoms with Crippen LogP contribution >= 0.6 is 0 Å². The van der Waals surface area contributed by atoms with E-state index < -0.39 is 0 Å². The molecule has 2 aromatic heterocycles. The molecule has 0 aliphatic carbocycles. The molecule has 0 saturated carbocycles. The molecule has 0 aliphatic heterocycles. The maximum Gasteiger partial charge on any atom is 0.332 e. The number of carbonyl (C=O) groups is 1. The maximum atomic E-state index is 13.0. The first-order valence-corrected chi connectivity index (χ1v) is 9.09. The molecule has 2 aromatic rings. The highest BCUT2D eigenvalue weighted by Gasteiger charge is 2.17. The van der Waals surface area contributed by atoms with Gasteiger partial charge in [0.25, 0.3) is 5.56 Å². The van der Waals surface area contributed by atoms with Crippen molar-refractivity contribution in [1.29, 1.82) is 0 Å². The van der Waals surface area contributed by atoms with Gasteiger partial charge in [0.15, 0.2) is 5.65 Å². The number of aryl methyl sites for hydroxylation is 2. The van der Waals surface area contributed by atoms with E-state index in [4.69, 9.17) is 4.74 Å². The third-order valence-electron chi connectivity index (χ3n) is 4.49. The van der Waals surface area contributed by atoms with E-state index in [-0.39, 0.29) is 23.3 Å². The molecule has 148 valence electrons. The lowest BCUT2D eigenvalue weighted by molar-refractivity contribution is -0.145. The average molecular weight is 376 g/mol. The quantitative estimate of drug-likeness (QED) is 0.539. The van der Waals surface area contributed by atoms with Crippen molar-refractivity contribution in [3.8, 4) is 0 Å². The summed E-state index contributed by atoms with van der Waals surface area (Å²) in [4.78, 5) is 42.9. The first kappa shape index (κ1) is 20.7. The molecule has 0 amide bonds. The highest BCUT2D eigenvalue weighted by molar-refractivity contribution is 5.89. The van der Waals surface area contributed by atoms with Gasteiger partial charge in [-0.15, -0.1) is 0 Å². The molecule has 0 radical (unpaired) electrons. The van der Waals surface area contributed by atoms with Crippen LogP contribution < -0.4 is 16.1 Å². The second-order valence-corrected chi connectivity index (χ2v) is 7.09. The van der Waals surface area contributed by atoms with Gasteiger partial charge in [-0.05, 0) is 39.2 Å². The monoisotopic (exact) mass is 376 g/mol. The molecule has 2 heterocycles. The lowest BCUT2D eigenvalue weighted by Gasteiger charge is -2.18. The van der Waals surface area contributed by atoms with Crippen molar-refractivity contribution < 1.29 is 9.53 Å². The Balaban J connectivity index is 2.34. The number of carbonyl (C=O) groups excluding carboxylic acids is 1. The van der Waals surface area contributed by atoms with Crippen LogP contribution in [0.5, 0.6) is 0 Å². The number of hydrogen-bond acceptors (Lipinski definition) is 6. The lowest BCUT2D eigenvalue weighted by Crippen LogP contribution is -2.40. The molecule has 0 fully saturated rings. The van der Waals surface area contributed by atoms with Gasteiger partial charge in [0, 0.05) is 40.3 Å². The van der Waals surface area contributed by atoms with Crippen molar-refractivity contribution >= 4 is 22.7 Å². The zero-order valence-corrected chi connectivity index (χ0v) is 16.9. The Labute approximate surface area is 158 Å². The SMILES string of the molecule is CC(=O)OC(C)CCCCn1c(=O)c2c(N(C)C)cc(C)nc2n(C)c1=O. The smallest absolute Gasteiger partial charge is 0.332 e. The molecule has 8 nitrogen and oxygen atoms in total. The van der Waals surface area contributed by atoms with E-state index in [1.54, 1.807) is 7.05 Å². The summed E-state index contributed by atoms with van der Waals surface area (Å²) in [7, 11) is 5.36. The van der Waals surface area contributed by atoms with Crippen LogP contribution in [-0.2, 0) is 23.1 Å². The van der Waals surface area contributed by atoms with Crippen LogP contribution in [0.2, 0.25) is 0 Å². The van der Waals surface area contributed by atoms with Crippen LogP contribution in [0.15, 0.2) is 15.7 Å². The van der Waals surface area contributed by atoms with E-state index in [0.717, 1.165) is 17.8 Å². The molecule has 8 heteroatoms. The number of rotatable bonds is 7. The van der Waals surface area contributed by atoms with Gasteiger partial charge in [-0.2, -0.15) is 0 Å². The number of esters is 1. The normalized spacial score (nSPS) is 12.2. The number of pyridine rings is 1. The summed E-state index contributed by atoms with van der Waals surface area (Å²) in [5, 5.41) is 0.445. The van der Waals surface area contributed by atoms with E-state index in [0.29, 0.717) is 30.4 Å². The first-order chi connectivity index (χ1) is 12.6. The van der Waals surface area contributed by atoms with Crippen molar-refractivity contribution in [2.75, 3.05) is 19.0 Å². The Morgan fingerprint density at radius 1 is 1.30 bits per heavy atom. The molecule has 0 saturated heterocycles. The van der Waals surface area contributed by atoms with Gasteiger partial charge in [-0.3, -0.25) is 18.7 Å². The largest absolute Gasteiger partial charge is 0.463 e. The van der Waals surface area contributed by atoms with Crippen molar-refractivity contribution in [3.05, 3.63) is 32.6 Å². The molecule has 1 unspecified atom stereocenters. The summed E-state index contributed by atoms with van der Waals surface area (Å²) >= 11 is 0. The molecular weight excluding hydrogens is 348 g/mol. The minimum absolute atomic E-state index is 0.175. The topological polar surface area (TPSA) is 86.4 Å². The fourth-order valence-electron chi connectivity index (χ4n) is 3.18. The minimum atomic E-state index is -0.372. The van der Waals surface area contributed by atoms with Gasteiger partial charge < -0.3 is 9.64 Å². The summed E-state index contributed by atoms with van der Waals surface area (Å²) in [6.07, 6.45) is 1.90. The Hall–Kier alpha value is -2.64. The van der Waals surface area contributed by atoms with Crippen molar-refractivity contribution in [3.63, 3.8) is 0 Å². The fourth-order valence-corrected chi connectivity index (χ4v) is 3.18. The van der Waals surface area contributed by atoms with Gasteiger partial charge in [0.05, 0.1) is 11.8 Å². The van der Waals surface area contributed by atoms with Crippen LogP contribution in [0.25, 0.3) is 11.0 Å². The third-order valence-corrected chi connectivity index (χ3v) is 4.49. The number of anilines is 1. The third kappa shape index (κ3) is 4.56. The first-order valence-electron chi connectivity index (χ1n) is 9.09. The van der Waals surface area contributed by atoms with E-state index in [1.807, 2.05) is 38.9 Å². The Morgan fingerprint density at radius 3 is 2.56 bits per heavy atom. The second-order valence-electron chi connectivity index (χ2n) is 7.09. The maximum absolute atomic E-state index is 13.0. The van der Waals surface area contributed by atoms with Gasteiger partial charge in [0.1, 0.15) is 5.39 Å². The van der Waals surface area contributed by atoms with Gasteiger partial charge in [-0.25, -0.2) is 9.78 Å². The van der Waals surface area contributed by atoms with Gasteiger partial charge >= 0.3 is 11.7 Å². The zero-order chi connectivity index (χ0) is 20.3. The Bertz CT molecular complexity index is 959. The second kappa shape index (κ2) is 8.37. The van der Waals surface area contributed by atoms with Crippen LogP contribution in [0.1, 0.15) is 38.8 Å². The predicted octanol–water partition coefficient (Wildman–Crippen LogP) is 1.59. The fraction of sp³-hybridized carbons (Fsp3) is 0.579. The van der Waals surface area contributed by atoms with Gasteiger partial charge in [-0.1, -0.05) is 0 Å². The summed E-state index contributed by atoms with van der Waals surface area (Å²) < 4.78 is 7.79. The number of nitrogens with zero attached hydrogens (tertiary/aromatic N) is 4. The molecule has 1 atom stereocenters. The highest BCUT2D eigenvalue weighted by Crippen LogP contribution is 2.21. The van der Waals surface area contributed by atoms with Gasteiger partial charge in [0.2, 0.25) is 0 Å². The Kier molecular flexibility index (Phi) is 6.41. The molecule has 2 rings (SSSR count). The summed E-state index contributed by atoms with van der Waals surface area (Å²) in [5.41, 5.74) is 1.20. The van der Waals surface area contributed by atoms with Crippen molar-refractivity contribution in [2.24, 2.45) is 7.05 Å². The number of unbranched alkanes of at least 4 members (excludes halogenated alkanes) is 1. The number of fused-ring (bicyclic) bond motifs is 1. The molecule has 27 heavy (non-hydrogen) atoms. The summed E-state index contributed by atoms with van der Waals surface area (Å²) in [5.74, 6) is -0.305. The van der Waals surface area contributed by atoms with Crippen LogP contribution in [-0.4, -0.2) is 40.3 Å². The average Bonchev–Trinajstić information content (AvgIpc) is 2.57. The van der Waals surface area contributed by atoms with E-state index in [2.05, 4.69) is 4.98 Å². The molecule has 0 bridgehead atoms. The number of hydrogen-bond donors (Lipinski definition) is 0. The van der Waals surface area contributed by atoms with Crippen LogP contribution in [0, 0.1) is 6.92 Å².